The predicted molar refractivity (Wildman–Crippen MR) is 122 cm³/mol. The molecule has 1 aliphatic rings. The molecule has 1 aromatic carbocycles. The molecule has 0 bridgehead atoms. The van der Waals surface area contributed by atoms with Crippen molar-refractivity contribution >= 4 is 51.0 Å². The third-order valence-electron chi connectivity index (χ3n) is 5.28. The van der Waals surface area contributed by atoms with Crippen molar-refractivity contribution in [2.45, 2.75) is 12.8 Å². The highest BCUT2D eigenvalue weighted by Gasteiger charge is 2.30. The average molecular weight is 428 g/mol. The lowest BCUT2D eigenvalue weighted by molar-refractivity contribution is -0.117. The number of hydrogen-bond donors (Lipinski definition) is 3. The summed E-state index contributed by atoms with van der Waals surface area (Å²) in [5.74, 6) is 1.25. The smallest absolute Gasteiger partial charge is 0.247 e. The SMILES string of the molecule is C=CC(=O)Nc1ccc2oc(-c3cnc(NC)c4cnc(NC(=O)C5CC5)cc34)nc2c1. The molecule has 3 aromatic heterocycles. The van der Waals surface area contributed by atoms with Crippen LogP contribution in [0.4, 0.5) is 17.3 Å². The number of hydrogen-bond acceptors (Lipinski definition) is 7. The van der Waals surface area contributed by atoms with E-state index in [2.05, 4.69) is 37.5 Å². The highest BCUT2D eigenvalue weighted by molar-refractivity contribution is 6.03. The van der Waals surface area contributed by atoms with Crippen molar-refractivity contribution in [2.24, 2.45) is 5.92 Å². The van der Waals surface area contributed by atoms with Crippen LogP contribution in [0.25, 0.3) is 33.3 Å². The van der Waals surface area contributed by atoms with E-state index < -0.39 is 0 Å². The van der Waals surface area contributed by atoms with Gasteiger partial charge in [0, 0.05) is 41.8 Å². The number of amides is 2. The summed E-state index contributed by atoms with van der Waals surface area (Å²) < 4.78 is 5.98. The molecule has 3 heterocycles. The number of carbonyl (C=O) groups is 2. The molecule has 0 unspecified atom stereocenters. The van der Waals surface area contributed by atoms with Gasteiger partial charge in [-0.25, -0.2) is 15.0 Å². The van der Waals surface area contributed by atoms with Crippen molar-refractivity contribution < 1.29 is 14.0 Å². The van der Waals surface area contributed by atoms with Gasteiger partial charge in [-0.2, -0.15) is 0 Å². The zero-order valence-corrected chi connectivity index (χ0v) is 17.3. The molecule has 1 saturated carbocycles. The summed E-state index contributed by atoms with van der Waals surface area (Å²) in [6.45, 7) is 3.45. The van der Waals surface area contributed by atoms with Gasteiger partial charge in [-0.15, -0.1) is 0 Å². The maximum atomic E-state index is 12.2. The first kappa shape index (κ1) is 19.7. The summed E-state index contributed by atoms with van der Waals surface area (Å²) in [5.41, 5.74) is 2.41. The van der Waals surface area contributed by atoms with Gasteiger partial charge in [-0.1, -0.05) is 6.58 Å². The first-order chi connectivity index (χ1) is 15.6. The minimum Gasteiger partial charge on any atom is -0.436 e. The quantitative estimate of drug-likeness (QED) is 0.397. The summed E-state index contributed by atoms with van der Waals surface area (Å²) in [4.78, 5) is 37.2. The Labute approximate surface area is 183 Å². The molecule has 0 aliphatic heterocycles. The molecule has 0 radical (unpaired) electrons. The third kappa shape index (κ3) is 3.64. The van der Waals surface area contributed by atoms with Crippen LogP contribution in [-0.4, -0.2) is 33.8 Å². The molecular formula is C23H20N6O3. The number of fused-ring (bicyclic) bond motifs is 2. The van der Waals surface area contributed by atoms with E-state index in [-0.39, 0.29) is 17.7 Å². The van der Waals surface area contributed by atoms with Crippen LogP contribution in [-0.2, 0) is 9.59 Å². The van der Waals surface area contributed by atoms with Gasteiger partial charge in [-0.05, 0) is 43.2 Å². The van der Waals surface area contributed by atoms with E-state index in [4.69, 9.17) is 4.42 Å². The van der Waals surface area contributed by atoms with E-state index >= 15 is 0 Å². The Bertz CT molecular complexity index is 1390. The molecule has 0 spiro atoms. The van der Waals surface area contributed by atoms with Crippen LogP contribution in [0.5, 0.6) is 0 Å². The molecule has 160 valence electrons. The fourth-order valence-corrected chi connectivity index (χ4v) is 3.46. The summed E-state index contributed by atoms with van der Waals surface area (Å²) >= 11 is 0. The highest BCUT2D eigenvalue weighted by atomic mass is 16.3. The Balaban J connectivity index is 1.58. The summed E-state index contributed by atoms with van der Waals surface area (Å²) in [6.07, 6.45) is 6.37. The summed E-state index contributed by atoms with van der Waals surface area (Å²) in [5, 5.41) is 10.2. The van der Waals surface area contributed by atoms with Crippen molar-refractivity contribution in [3.63, 3.8) is 0 Å². The Morgan fingerprint density at radius 2 is 1.97 bits per heavy atom. The van der Waals surface area contributed by atoms with E-state index in [0.717, 1.165) is 23.6 Å². The van der Waals surface area contributed by atoms with Crippen molar-refractivity contribution in [1.29, 1.82) is 0 Å². The van der Waals surface area contributed by atoms with Gasteiger partial charge in [0.25, 0.3) is 0 Å². The molecule has 1 fully saturated rings. The second-order valence-electron chi connectivity index (χ2n) is 7.54. The fourth-order valence-electron chi connectivity index (χ4n) is 3.46. The third-order valence-corrected chi connectivity index (χ3v) is 5.28. The molecule has 4 aromatic rings. The zero-order chi connectivity index (χ0) is 22.2. The van der Waals surface area contributed by atoms with Crippen molar-refractivity contribution in [3.05, 3.63) is 49.3 Å². The summed E-state index contributed by atoms with van der Waals surface area (Å²) in [6, 6.07) is 7.00. The second kappa shape index (κ2) is 7.77. The number of nitrogens with one attached hydrogen (secondary N) is 3. The van der Waals surface area contributed by atoms with E-state index in [1.165, 1.54) is 6.08 Å². The van der Waals surface area contributed by atoms with Crippen LogP contribution >= 0.6 is 0 Å². The number of aromatic nitrogens is 3. The molecule has 1 aliphatic carbocycles. The highest BCUT2D eigenvalue weighted by Crippen LogP contribution is 2.35. The molecular weight excluding hydrogens is 408 g/mol. The van der Waals surface area contributed by atoms with Gasteiger partial charge in [0.2, 0.25) is 17.7 Å². The number of anilines is 3. The van der Waals surface area contributed by atoms with Gasteiger partial charge in [-0.3, -0.25) is 9.59 Å². The maximum Gasteiger partial charge on any atom is 0.247 e. The van der Waals surface area contributed by atoms with Crippen LogP contribution in [0.1, 0.15) is 12.8 Å². The molecule has 0 saturated heterocycles. The number of pyridine rings is 2. The lowest BCUT2D eigenvalue weighted by atomic mass is 10.1. The second-order valence-corrected chi connectivity index (χ2v) is 7.54. The number of rotatable bonds is 6. The maximum absolute atomic E-state index is 12.2. The predicted octanol–water partition coefficient (Wildman–Crippen LogP) is 3.95. The first-order valence-electron chi connectivity index (χ1n) is 10.2. The van der Waals surface area contributed by atoms with Crippen LogP contribution < -0.4 is 16.0 Å². The van der Waals surface area contributed by atoms with Gasteiger partial charge >= 0.3 is 0 Å². The van der Waals surface area contributed by atoms with E-state index in [0.29, 0.717) is 39.9 Å². The minimum atomic E-state index is -0.306. The van der Waals surface area contributed by atoms with E-state index in [9.17, 15) is 9.59 Å². The molecule has 32 heavy (non-hydrogen) atoms. The molecule has 2 amide bonds. The lowest BCUT2D eigenvalue weighted by Gasteiger charge is -2.10. The zero-order valence-electron chi connectivity index (χ0n) is 17.3. The van der Waals surface area contributed by atoms with Crippen LogP contribution in [0.15, 0.2) is 53.7 Å². The molecule has 3 N–H and O–H groups in total. The van der Waals surface area contributed by atoms with Crippen molar-refractivity contribution in [3.8, 4) is 11.5 Å². The number of nitrogens with zero attached hydrogens (tertiary/aromatic N) is 3. The Kier molecular flexibility index (Phi) is 4.78. The van der Waals surface area contributed by atoms with Gasteiger partial charge < -0.3 is 20.4 Å². The number of benzene rings is 1. The minimum absolute atomic E-state index is 0.0164. The number of oxazole rings is 1. The number of carbonyl (C=O) groups excluding carboxylic acids is 2. The van der Waals surface area contributed by atoms with Crippen molar-refractivity contribution in [2.75, 3.05) is 23.0 Å². The van der Waals surface area contributed by atoms with E-state index in [1.54, 1.807) is 43.7 Å². The first-order valence-corrected chi connectivity index (χ1v) is 10.2. The van der Waals surface area contributed by atoms with E-state index in [1.807, 2.05) is 0 Å². The van der Waals surface area contributed by atoms with Crippen LogP contribution in [0, 0.1) is 5.92 Å². The molecule has 5 rings (SSSR count). The topological polar surface area (TPSA) is 122 Å². The van der Waals surface area contributed by atoms with Gasteiger partial charge in [0.05, 0.1) is 5.56 Å². The van der Waals surface area contributed by atoms with Crippen LogP contribution in [0.2, 0.25) is 0 Å². The van der Waals surface area contributed by atoms with Crippen LogP contribution in [0.3, 0.4) is 0 Å². The standard InChI is InChI=1S/C23H20N6O3/c1-3-20(30)27-13-6-7-18-17(8-13)28-23(32-18)16-11-26-21(24-2)15-10-25-19(9-14(15)16)29-22(31)12-4-5-12/h3,6-12H,1,4-5H2,2H3,(H,24,26)(H,27,30)(H,25,29,31). The lowest BCUT2D eigenvalue weighted by Crippen LogP contribution is -2.14. The normalized spacial score (nSPS) is 13.2. The molecule has 9 nitrogen and oxygen atoms in total. The molecule has 0 atom stereocenters. The fraction of sp³-hybridized carbons (Fsp3) is 0.174. The Morgan fingerprint density at radius 1 is 1.12 bits per heavy atom. The monoisotopic (exact) mass is 428 g/mol. The Hall–Kier alpha value is -4.27. The van der Waals surface area contributed by atoms with Crippen molar-refractivity contribution in [1.82, 2.24) is 15.0 Å². The Morgan fingerprint density at radius 3 is 2.72 bits per heavy atom. The largest absolute Gasteiger partial charge is 0.436 e. The summed E-state index contributed by atoms with van der Waals surface area (Å²) in [7, 11) is 1.78. The average Bonchev–Trinajstić information content (AvgIpc) is 3.57. The van der Waals surface area contributed by atoms with Gasteiger partial charge in [0.15, 0.2) is 5.58 Å². The van der Waals surface area contributed by atoms with Gasteiger partial charge in [0.1, 0.15) is 17.2 Å². The molecule has 9 heteroatoms.